The minimum Gasteiger partial charge on any atom is -0.371 e. The zero-order valence-electron chi connectivity index (χ0n) is 10.7. The second-order valence-corrected chi connectivity index (χ2v) is 4.97. The lowest BCUT2D eigenvalue weighted by Gasteiger charge is -2.26. The van der Waals surface area contributed by atoms with Crippen molar-refractivity contribution < 1.29 is 4.92 Å². The molecule has 0 aromatic heterocycles. The normalized spacial score (nSPS) is 12.0. The number of non-ortho nitro benzene ring substituents is 1. The van der Waals surface area contributed by atoms with Crippen LogP contribution in [0.15, 0.2) is 18.2 Å². The number of nitrogen functional groups attached to an aromatic ring is 1. The highest BCUT2D eigenvalue weighted by atomic mass is 32.2. The number of nitro groups is 1. The van der Waals surface area contributed by atoms with Gasteiger partial charge in [-0.25, -0.2) is 0 Å². The lowest BCUT2D eigenvalue weighted by molar-refractivity contribution is -0.384. The van der Waals surface area contributed by atoms with Gasteiger partial charge in [0.1, 0.15) is 0 Å². The number of nitrogens with one attached hydrogen (secondary N) is 1. The van der Waals surface area contributed by atoms with Crippen molar-refractivity contribution >= 4 is 28.8 Å². The minimum absolute atomic E-state index is 0.0312. The highest BCUT2D eigenvalue weighted by molar-refractivity contribution is 7.98. The predicted octanol–water partition coefficient (Wildman–Crippen LogP) is 2.07. The lowest BCUT2D eigenvalue weighted by Crippen LogP contribution is -2.30. The first-order valence-electron chi connectivity index (χ1n) is 5.47. The van der Waals surface area contributed by atoms with E-state index in [-0.39, 0.29) is 11.7 Å². The van der Waals surface area contributed by atoms with E-state index in [2.05, 4.69) is 12.3 Å². The molecular weight excluding hydrogens is 252 g/mol. The van der Waals surface area contributed by atoms with Crippen molar-refractivity contribution in [3.63, 3.8) is 0 Å². The van der Waals surface area contributed by atoms with Gasteiger partial charge in [-0.15, -0.1) is 0 Å². The van der Waals surface area contributed by atoms with Crippen LogP contribution in [0, 0.1) is 10.1 Å². The zero-order chi connectivity index (χ0) is 13.7. The van der Waals surface area contributed by atoms with Crippen LogP contribution in [-0.4, -0.2) is 30.0 Å². The molecular formula is C11H18N4O2S. The van der Waals surface area contributed by atoms with E-state index in [1.807, 2.05) is 18.2 Å². The summed E-state index contributed by atoms with van der Waals surface area (Å²) in [6.07, 6.45) is 2.03. The van der Waals surface area contributed by atoms with Gasteiger partial charge in [-0.05, 0) is 19.2 Å². The van der Waals surface area contributed by atoms with Gasteiger partial charge in [0.2, 0.25) is 0 Å². The Labute approximate surface area is 111 Å². The van der Waals surface area contributed by atoms with Crippen LogP contribution in [0.3, 0.4) is 0 Å². The first-order chi connectivity index (χ1) is 8.49. The van der Waals surface area contributed by atoms with Crippen molar-refractivity contribution in [2.24, 2.45) is 5.84 Å². The number of hydrogen-bond acceptors (Lipinski definition) is 6. The van der Waals surface area contributed by atoms with Gasteiger partial charge in [0.25, 0.3) is 5.69 Å². The molecule has 0 radical (unpaired) electrons. The van der Waals surface area contributed by atoms with E-state index in [1.165, 1.54) is 6.07 Å². The maximum atomic E-state index is 10.9. The first kappa shape index (κ1) is 14.6. The van der Waals surface area contributed by atoms with E-state index in [9.17, 15) is 10.1 Å². The molecule has 0 heterocycles. The van der Waals surface area contributed by atoms with Crippen LogP contribution in [0.2, 0.25) is 0 Å². The third-order valence-electron chi connectivity index (χ3n) is 2.76. The van der Waals surface area contributed by atoms with Crippen LogP contribution in [0.5, 0.6) is 0 Å². The molecule has 100 valence electrons. The summed E-state index contributed by atoms with van der Waals surface area (Å²) in [6.45, 7) is 2.07. The first-order valence-corrected chi connectivity index (χ1v) is 6.86. The van der Waals surface area contributed by atoms with E-state index in [4.69, 9.17) is 5.84 Å². The van der Waals surface area contributed by atoms with Crippen LogP contribution in [0.4, 0.5) is 17.1 Å². The predicted molar refractivity (Wildman–Crippen MR) is 77.2 cm³/mol. The molecule has 0 spiro atoms. The zero-order valence-corrected chi connectivity index (χ0v) is 11.5. The molecule has 7 heteroatoms. The number of thioether (sulfide) groups is 1. The number of anilines is 2. The molecule has 0 fully saturated rings. The standard InChI is InChI=1S/C11H18N4O2S/c1-8(7-18-3)14(2)10-4-9(13-12)5-11(6-10)15(16)17/h4-6,8,13H,7,12H2,1-3H3. The largest absolute Gasteiger partial charge is 0.371 e. The van der Waals surface area contributed by atoms with E-state index in [1.54, 1.807) is 23.9 Å². The minimum atomic E-state index is -0.419. The monoisotopic (exact) mass is 270 g/mol. The van der Waals surface area contributed by atoms with Crippen molar-refractivity contribution in [2.45, 2.75) is 13.0 Å². The molecule has 0 aliphatic heterocycles. The molecule has 0 saturated heterocycles. The molecule has 3 N–H and O–H groups in total. The van der Waals surface area contributed by atoms with Crippen LogP contribution in [0.25, 0.3) is 0 Å². The Hall–Kier alpha value is -1.47. The SMILES string of the molecule is CSCC(C)N(C)c1cc(NN)cc([N+](=O)[O-])c1. The number of rotatable bonds is 6. The number of nitrogens with two attached hydrogens (primary N) is 1. The number of nitro benzene ring substituents is 1. The summed E-state index contributed by atoms with van der Waals surface area (Å²) in [7, 11) is 1.92. The van der Waals surface area contributed by atoms with Crippen LogP contribution >= 0.6 is 11.8 Å². The summed E-state index contributed by atoms with van der Waals surface area (Å²) in [4.78, 5) is 12.4. The van der Waals surface area contributed by atoms with Crippen molar-refractivity contribution in [3.05, 3.63) is 28.3 Å². The van der Waals surface area contributed by atoms with Gasteiger partial charge in [-0.3, -0.25) is 16.0 Å². The summed E-state index contributed by atoms with van der Waals surface area (Å²) < 4.78 is 0. The third kappa shape index (κ3) is 3.51. The third-order valence-corrected chi connectivity index (χ3v) is 3.57. The maximum absolute atomic E-state index is 10.9. The molecule has 0 saturated carbocycles. The molecule has 0 bridgehead atoms. The molecule has 0 aliphatic carbocycles. The van der Waals surface area contributed by atoms with E-state index < -0.39 is 4.92 Å². The number of hydrogen-bond donors (Lipinski definition) is 2. The second kappa shape index (κ2) is 6.46. The molecule has 0 amide bonds. The van der Waals surface area contributed by atoms with Gasteiger partial charge in [-0.2, -0.15) is 11.8 Å². The summed E-state index contributed by atoms with van der Waals surface area (Å²) in [6, 6.07) is 5.05. The summed E-state index contributed by atoms with van der Waals surface area (Å²) in [5, 5.41) is 10.9. The Bertz CT molecular complexity index is 428. The number of benzene rings is 1. The molecule has 6 nitrogen and oxygen atoms in total. The average Bonchev–Trinajstić information content (AvgIpc) is 2.37. The van der Waals surface area contributed by atoms with Crippen molar-refractivity contribution in [3.8, 4) is 0 Å². The van der Waals surface area contributed by atoms with E-state index in [0.29, 0.717) is 5.69 Å². The van der Waals surface area contributed by atoms with Crippen LogP contribution in [0.1, 0.15) is 6.92 Å². The smallest absolute Gasteiger partial charge is 0.273 e. The summed E-state index contributed by atoms with van der Waals surface area (Å²) in [5.74, 6) is 6.28. The Morgan fingerprint density at radius 1 is 1.56 bits per heavy atom. The fraction of sp³-hybridized carbons (Fsp3) is 0.455. The second-order valence-electron chi connectivity index (χ2n) is 4.05. The molecule has 1 aromatic rings. The fourth-order valence-corrected chi connectivity index (χ4v) is 2.30. The van der Waals surface area contributed by atoms with Gasteiger partial charge in [-0.1, -0.05) is 0 Å². The maximum Gasteiger partial charge on any atom is 0.273 e. The molecule has 18 heavy (non-hydrogen) atoms. The Morgan fingerprint density at radius 2 is 2.22 bits per heavy atom. The quantitative estimate of drug-likeness (QED) is 0.467. The fourth-order valence-electron chi connectivity index (χ4n) is 1.60. The van der Waals surface area contributed by atoms with Gasteiger partial charge in [0.15, 0.2) is 0 Å². The van der Waals surface area contributed by atoms with E-state index >= 15 is 0 Å². The number of hydrazine groups is 1. The van der Waals surface area contributed by atoms with Gasteiger partial charge < -0.3 is 10.3 Å². The molecule has 1 atom stereocenters. The Morgan fingerprint density at radius 3 is 2.72 bits per heavy atom. The number of nitrogens with zero attached hydrogens (tertiary/aromatic N) is 2. The highest BCUT2D eigenvalue weighted by Gasteiger charge is 2.15. The van der Waals surface area contributed by atoms with Crippen molar-refractivity contribution in [2.75, 3.05) is 29.4 Å². The van der Waals surface area contributed by atoms with Crippen molar-refractivity contribution in [1.82, 2.24) is 0 Å². The van der Waals surface area contributed by atoms with Gasteiger partial charge >= 0.3 is 0 Å². The summed E-state index contributed by atoms with van der Waals surface area (Å²) in [5.41, 5.74) is 3.79. The van der Waals surface area contributed by atoms with Crippen LogP contribution in [-0.2, 0) is 0 Å². The molecule has 1 rings (SSSR count). The molecule has 0 aliphatic rings. The average molecular weight is 270 g/mol. The Kier molecular flexibility index (Phi) is 5.24. The molecule has 1 aromatic carbocycles. The van der Waals surface area contributed by atoms with E-state index in [0.717, 1.165) is 11.4 Å². The Balaban J connectivity index is 3.07. The van der Waals surface area contributed by atoms with Crippen LogP contribution < -0.4 is 16.2 Å². The lowest BCUT2D eigenvalue weighted by atomic mass is 10.2. The summed E-state index contributed by atoms with van der Waals surface area (Å²) >= 11 is 1.74. The highest BCUT2D eigenvalue weighted by Crippen LogP contribution is 2.27. The van der Waals surface area contributed by atoms with Gasteiger partial charge in [0, 0.05) is 36.7 Å². The van der Waals surface area contributed by atoms with Crippen molar-refractivity contribution in [1.29, 1.82) is 0 Å². The van der Waals surface area contributed by atoms with Gasteiger partial charge in [0.05, 0.1) is 10.6 Å². The topological polar surface area (TPSA) is 84.4 Å². The molecule has 1 unspecified atom stereocenters.